The average Bonchev–Trinajstić information content (AvgIpc) is 2.99. The molecule has 0 spiro atoms. The van der Waals surface area contributed by atoms with Crippen LogP contribution in [0.2, 0.25) is 0 Å². The van der Waals surface area contributed by atoms with Crippen LogP contribution in [0.1, 0.15) is 44.4 Å². The number of nitrogens with zero attached hydrogens (tertiary/aromatic N) is 4. The van der Waals surface area contributed by atoms with Gasteiger partial charge in [0.1, 0.15) is 17.3 Å². The minimum atomic E-state index is -0.677. The Balaban J connectivity index is 1.57. The van der Waals surface area contributed by atoms with E-state index in [0.717, 1.165) is 16.8 Å². The maximum absolute atomic E-state index is 15.1. The Hall–Kier alpha value is -4.93. The van der Waals surface area contributed by atoms with Crippen LogP contribution in [0.5, 0.6) is 0 Å². The van der Waals surface area contributed by atoms with E-state index in [0.29, 0.717) is 44.7 Å². The molecule has 0 aliphatic carbocycles. The van der Waals surface area contributed by atoms with Crippen molar-refractivity contribution >= 4 is 27.9 Å². The second-order valence-corrected chi connectivity index (χ2v) is 11.3. The molecular formula is C34H35FN6O3. The van der Waals surface area contributed by atoms with Gasteiger partial charge in [0.05, 0.1) is 23.9 Å². The molecule has 0 unspecified atom stereocenters. The third-order valence-electron chi connectivity index (χ3n) is 7.73. The molecule has 44 heavy (non-hydrogen) atoms. The Bertz CT molecular complexity index is 2010. The third-order valence-corrected chi connectivity index (χ3v) is 7.73. The molecule has 5 rings (SSSR count). The lowest BCUT2D eigenvalue weighted by Crippen LogP contribution is -2.36. The van der Waals surface area contributed by atoms with E-state index in [1.807, 2.05) is 19.1 Å². The molecule has 0 amide bonds. The Morgan fingerprint density at radius 3 is 2.52 bits per heavy atom. The summed E-state index contributed by atoms with van der Waals surface area (Å²) in [5, 5.41) is 21.6. The second kappa shape index (κ2) is 12.0. The maximum Gasteiger partial charge on any atom is 0.282 e. The minimum absolute atomic E-state index is 0.111. The van der Waals surface area contributed by atoms with E-state index in [9.17, 15) is 14.7 Å². The van der Waals surface area contributed by atoms with E-state index < -0.39 is 18.0 Å². The molecule has 3 heterocycles. The molecule has 0 atom stereocenters. The highest BCUT2D eigenvalue weighted by Gasteiger charge is 2.20. The standard InChI is InChI=1S/C34H35FN6O3/c1-7-37-34(4,5)24-11-12-30(36-17-24)39-28-15-23(18-40(6)32(28)43)25-9-8-10-29(26(25)19-42)41-33(44)31-22(16-38-41)13-21(20(2)3)14-27(31)35/h8-18,37,42H,2,7,19H2,1,3-6H3,(H,36,39). The molecule has 0 saturated carbocycles. The molecule has 0 saturated heterocycles. The van der Waals surface area contributed by atoms with Crippen LogP contribution in [0.15, 0.2) is 83.3 Å². The average molecular weight is 595 g/mol. The van der Waals surface area contributed by atoms with Gasteiger partial charge in [0, 0.05) is 41.5 Å². The van der Waals surface area contributed by atoms with Crippen molar-refractivity contribution in [1.82, 2.24) is 24.6 Å². The summed E-state index contributed by atoms with van der Waals surface area (Å²) in [4.78, 5) is 31.1. The fourth-order valence-electron chi connectivity index (χ4n) is 5.33. The quantitative estimate of drug-likeness (QED) is 0.209. The molecule has 0 aliphatic heterocycles. The molecule has 3 N–H and O–H groups in total. The first-order valence-corrected chi connectivity index (χ1v) is 14.3. The highest BCUT2D eigenvalue weighted by molar-refractivity contribution is 5.85. The van der Waals surface area contributed by atoms with Crippen LogP contribution >= 0.6 is 0 Å². The number of aliphatic hydroxyl groups is 1. The molecular weight excluding hydrogens is 559 g/mol. The van der Waals surface area contributed by atoms with E-state index in [1.54, 1.807) is 56.7 Å². The normalized spacial score (nSPS) is 11.6. The Morgan fingerprint density at radius 2 is 1.86 bits per heavy atom. The number of hydrogen-bond acceptors (Lipinski definition) is 7. The largest absolute Gasteiger partial charge is 0.392 e. The van der Waals surface area contributed by atoms with Crippen molar-refractivity contribution in [3.63, 3.8) is 0 Å². The van der Waals surface area contributed by atoms with Crippen LogP contribution in [-0.4, -0.2) is 31.0 Å². The minimum Gasteiger partial charge on any atom is -0.392 e. The second-order valence-electron chi connectivity index (χ2n) is 11.3. The number of allylic oxidation sites excluding steroid dienone is 1. The molecule has 0 bridgehead atoms. The topological polar surface area (TPSA) is 114 Å². The fraction of sp³-hybridized carbons (Fsp3) is 0.235. The summed E-state index contributed by atoms with van der Waals surface area (Å²) >= 11 is 0. The van der Waals surface area contributed by atoms with Crippen molar-refractivity contribution in [3.8, 4) is 16.8 Å². The van der Waals surface area contributed by atoms with Gasteiger partial charge in [-0.05, 0) is 74.3 Å². The Labute approximate surface area is 254 Å². The number of rotatable bonds is 9. The van der Waals surface area contributed by atoms with Crippen LogP contribution in [0, 0.1) is 5.82 Å². The SMILES string of the molecule is C=C(C)c1cc(F)c2c(=O)n(-c3cccc(-c4cc(Nc5ccc(C(C)(C)NCC)cn5)c(=O)n(C)c4)c3CO)ncc2c1. The van der Waals surface area contributed by atoms with Gasteiger partial charge in [0.2, 0.25) is 0 Å². The molecule has 3 aromatic heterocycles. The summed E-state index contributed by atoms with van der Waals surface area (Å²) in [6, 6.07) is 13.5. The van der Waals surface area contributed by atoms with Crippen molar-refractivity contribution in [1.29, 1.82) is 0 Å². The first-order valence-electron chi connectivity index (χ1n) is 14.3. The van der Waals surface area contributed by atoms with Gasteiger partial charge in [-0.3, -0.25) is 9.59 Å². The summed E-state index contributed by atoms with van der Waals surface area (Å²) in [5.74, 6) is -0.181. The van der Waals surface area contributed by atoms with E-state index in [1.165, 1.54) is 16.8 Å². The van der Waals surface area contributed by atoms with Gasteiger partial charge in [-0.1, -0.05) is 37.3 Å². The van der Waals surface area contributed by atoms with E-state index in [-0.39, 0.29) is 22.2 Å². The summed E-state index contributed by atoms with van der Waals surface area (Å²) < 4.78 is 17.7. The van der Waals surface area contributed by atoms with Gasteiger partial charge in [0.15, 0.2) is 0 Å². The molecule has 0 aliphatic rings. The van der Waals surface area contributed by atoms with Gasteiger partial charge in [-0.15, -0.1) is 0 Å². The van der Waals surface area contributed by atoms with Crippen molar-refractivity contribution in [2.24, 2.45) is 7.05 Å². The number of benzene rings is 2. The number of pyridine rings is 2. The Morgan fingerprint density at radius 1 is 1.09 bits per heavy atom. The predicted molar refractivity (Wildman–Crippen MR) is 173 cm³/mol. The molecule has 0 fully saturated rings. The molecule has 0 radical (unpaired) electrons. The summed E-state index contributed by atoms with van der Waals surface area (Å²) in [5.41, 5.74) is 3.20. The number of aromatic nitrogens is 4. The summed E-state index contributed by atoms with van der Waals surface area (Å²) in [6.07, 6.45) is 4.84. The van der Waals surface area contributed by atoms with Crippen molar-refractivity contribution in [2.75, 3.05) is 11.9 Å². The summed E-state index contributed by atoms with van der Waals surface area (Å²) in [7, 11) is 1.63. The zero-order chi connectivity index (χ0) is 31.8. The summed E-state index contributed by atoms with van der Waals surface area (Å²) in [6.45, 7) is 12.2. The number of hydrogen-bond donors (Lipinski definition) is 3. The fourth-order valence-corrected chi connectivity index (χ4v) is 5.33. The zero-order valence-corrected chi connectivity index (χ0v) is 25.4. The lowest BCUT2D eigenvalue weighted by Gasteiger charge is -2.26. The number of halogens is 1. The predicted octanol–water partition coefficient (Wildman–Crippen LogP) is 5.40. The highest BCUT2D eigenvalue weighted by Crippen LogP contribution is 2.30. The van der Waals surface area contributed by atoms with Crippen LogP contribution in [0.3, 0.4) is 0 Å². The van der Waals surface area contributed by atoms with Crippen LogP contribution in [-0.2, 0) is 19.2 Å². The van der Waals surface area contributed by atoms with Crippen molar-refractivity contribution in [3.05, 3.63) is 117 Å². The van der Waals surface area contributed by atoms with E-state index >= 15 is 4.39 Å². The number of aliphatic hydroxyl groups excluding tert-OH is 1. The molecule has 10 heteroatoms. The van der Waals surface area contributed by atoms with Crippen LogP contribution < -0.4 is 21.8 Å². The Kier molecular flexibility index (Phi) is 8.31. The number of aryl methyl sites for hydroxylation is 1. The number of nitrogens with one attached hydrogen (secondary N) is 2. The lowest BCUT2D eigenvalue weighted by atomic mass is 9.96. The van der Waals surface area contributed by atoms with Gasteiger partial charge in [-0.2, -0.15) is 9.78 Å². The first kappa shape index (κ1) is 30.5. The first-order chi connectivity index (χ1) is 20.9. The maximum atomic E-state index is 15.1. The third kappa shape index (κ3) is 5.69. The van der Waals surface area contributed by atoms with E-state index in [2.05, 4.69) is 41.1 Å². The molecule has 5 aromatic rings. The van der Waals surface area contributed by atoms with Crippen molar-refractivity contribution < 1.29 is 9.50 Å². The highest BCUT2D eigenvalue weighted by atomic mass is 19.1. The van der Waals surface area contributed by atoms with Gasteiger partial charge >= 0.3 is 0 Å². The number of fused-ring (bicyclic) bond motifs is 1. The van der Waals surface area contributed by atoms with Gasteiger partial charge in [0.25, 0.3) is 11.1 Å². The molecule has 9 nitrogen and oxygen atoms in total. The monoisotopic (exact) mass is 594 g/mol. The van der Waals surface area contributed by atoms with Crippen LogP contribution in [0.4, 0.5) is 15.9 Å². The van der Waals surface area contributed by atoms with Gasteiger partial charge in [-0.25, -0.2) is 9.37 Å². The van der Waals surface area contributed by atoms with Crippen molar-refractivity contribution in [2.45, 2.75) is 39.8 Å². The smallest absolute Gasteiger partial charge is 0.282 e. The lowest BCUT2D eigenvalue weighted by molar-refractivity contribution is 0.282. The van der Waals surface area contributed by atoms with E-state index in [4.69, 9.17) is 0 Å². The molecule has 2 aromatic carbocycles. The van der Waals surface area contributed by atoms with Crippen LogP contribution in [0.25, 0.3) is 33.2 Å². The number of anilines is 2. The molecule has 226 valence electrons. The van der Waals surface area contributed by atoms with Gasteiger partial charge < -0.3 is 20.3 Å². The zero-order valence-electron chi connectivity index (χ0n) is 25.4.